The van der Waals surface area contributed by atoms with Gasteiger partial charge in [-0.1, -0.05) is 5.16 Å². The maximum absolute atomic E-state index is 12.1. The summed E-state index contributed by atoms with van der Waals surface area (Å²) in [6, 6.07) is -0.857. The van der Waals surface area contributed by atoms with Crippen LogP contribution in [-0.2, 0) is 23.9 Å². The predicted octanol–water partition coefficient (Wildman–Crippen LogP) is 1.52. The molecule has 0 radical (unpaired) electrons. The van der Waals surface area contributed by atoms with Crippen molar-refractivity contribution in [1.82, 2.24) is 10.3 Å². The van der Waals surface area contributed by atoms with E-state index in [4.69, 9.17) is 4.74 Å². The fourth-order valence-electron chi connectivity index (χ4n) is 1.58. The van der Waals surface area contributed by atoms with Crippen LogP contribution >= 0.6 is 11.3 Å². The van der Waals surface area contributed by atoms with Gasteiger partial charge in [-0.3, -0.25) is 4.79 Å². The topological polar surface area (TPSA) is 128 Å². The average molecular weight is 386 g/mol. The minimum Gasteiger partial charge on any atom is -0.464 e. The summed E-state index contributed by atoms with van der Waals surface area (Å²) in [6.07, 6.45) is -0.708. The number of methoxy groups -OCH3 is 1. The van der Waals surface area contributed by atoms with Gasteiger partial charge in [-0.25, -0.2) is 14.6 Å². The van der Waals surface area contributed by atoms with E-state index < -0.39 is 29.6 Å². The number of carbonyl (C=O) groups excluding carboxylic acids is 3. The highest BCUT2D eigenvalue weighted by molar-refractivity contribution is 7.14. The number of hydrogen-bond donors (Lipinski definition) is 2. The Labute approximate surface area is 154 Å². The van der Waals surface area contributed by atoms with Crippen molar-refractivity contribution >= 4 is 40.1 Å². The molecule has 0 aliphatic carbocycles. The SMILES string of the molecule is CO/N=C(\C(=O)OC)c1csc(NC(=O)[C@H](C)NC(=O)OC(C)(C)C)n1. The van der Waals surface area contributed by atoms with Gasteiger partial charge in [-0.05, 0) is 27.7 Å². The number of alkyl carbamates (subject to hydrolysis) is 1. The standard InChI is InChI=1S/C15H22N4O6S/c1-8(16-14(22)25-15(2,3)4)11(20)18-13-17-9(7-26-13)10(19-24-6)12(21)23-5/h7-8H,1-6H3,(H,16,22)(H,17,18,20)/b19-10-/t8-/m0/s1. The van der Waals surface area contributed by atoms with Gasteiger partial charge in [0.15, 0.2) is 5.13 Å². The summed E-state index contributed by atoms with van der Waals surface area (Å²) in [5.74, 6) is -1.23. The summed E-state index contributed by atoms with van der Waals surface area (Å²) in [7, 11) is 2.48. The van der Waals surface area contributed by atoms with E-state index in [1.165, 1.54) is 26.5 Å². The number of thiazole rings is 1. The molecule has 0 aliphatic rings. The fourth-order valence-corrected chi connectivity index (χ4v) is 2.28. The first kappa shape index (κ1) is 21.4. The van der Waals surface area contributed by atoms with E-state index in [2.05, 4.69) is 30.3 Å². The van der Waals surface area contributed by atoms with Crippen molar-refractivity contribution in [2.24, 2.45) is 5.16 Å². The Hall–Kier alpha value is -2.69. The largest absolute Gasteiger partial charge is 0.464 e. The molecule has 1 aromatic rings. The zero-order valence-electron chi connectivity index (χ0n) is 15.4. The lowest BCUT2D eigenvalue weighted by Gasteiger charge is -2.21. The Morgan fingerprint density at radius 3 is 2.46 bits per heavy atom. The fraction of sp³-hybridized carbons (Fsp3) is 0.533. The van der Waals surface area contributed by atoms with Gasteiger partial charge in [0.1, 0.15) is 24.4 Å². The summed E-state index contributed by atoms with van der Waals surface area (Å²) in [6.45, 7) is 6.65. The number of nitrogens with one attached hydrogen (secondary N) is 2. The lowest BCUT2D eigenvalue weighted by molar-refractivity contribution is -0.132. The van der Waals surface area contributed by atoms with E-state index >= 15 is 0 Å². The number of aromatic nitrogens is 1. The normalized spacial score (nSPS) is 12.8. The Morgan fingerprint density at radius 2 is 1.92 bits per heavy atom. The Bertz CT molecular complexity index is 695. The number of ether oxygens (including phenoxy) is 2. The van der Waals surface area contributed by atoms with Crippen LogP contribution in [0.2, 0.25) is 0 Å². The molecule has 10 nitrogen and oxygen atoms in total. The van der Waals surface area contributed by atoms with Crippen LogP contribution in [0.5, 0.6) is 0 Å². The molecule has 1 atom stereocenters. The van der Waals surface area contributed by atoms with Gasteiger partial charge < -0.3 is 24.9 Å². The smallest absolute Gasteiger partial charge is 0.408 e. The van der Waals surface area contributed by atoms with E-state index in [1.807, 2.05) is 0 Å². The molecule has 1 rings (SSSR count). The second-order valence-electron chi connectivity index (χ2n) is 6.01. The maximum Gasteiger partial charge on any atom is 0.408 e. The monoisotopic (exact) mass is 386 g/mol. The van der Waals surface area contributed by atoms with Crippen LogP contribution in [0.3, 0.4) is 0 Å². The van der Waals surface area contributed by atoms with Gasteiger partial charge in [-0.2, -0.15) is 0 Å². The van der Waals surface area contributed by atoms with Crippen molar-refractivity contribution in [1.29, 1.82) is 0 Å². The number of carbonyl (C=O) groups is 3. The van der Waals surface area contributed by atoms with E-state index in [0.29, 0.717) is 0 Å². The molecule has 1 heterocycles. The second-order valence-corrected chi connectivity index (χ2v) is 6.87. The molecule has 0 fully saturated rings. The predicted molar refractivity (Wildman–Crippen MR) is 95.1 cm³/mol. The highest BCUT2D eigenvalue weighted by atomic mass is 32.1. The zero-order chi connectivity index (χ0) is 19.9. The highest BCUT2D eigenvalue weighted by Crippen LogP contribution is 2.17. The number of hydrogen-bond acceptors (Lipinski definition) is 9. The third-order valence-corrected chi connectivity index (χ3v) is 3.42. The molecular formula is C15H22N4O6S. The van der Waals surface area contributed by atoms with Crippen LogP contribution in [0.15, 0.2) is 10.5 Å². The van der Waals surface area contributed by atoms with E-state index in [-0.39, 0.29) is 16.5 Å². The molecule has 0 aliphatic heterocycles. The molecule has 144 valence electrons. The van der Waals surface area contributed by atoms with Gasteiger partial charge in [0.05, 0.1) is 7.11 Å². The van der Waals surface area contributed by atoms with Crippen molar-refractivity contribution in [3.05, 3.63) is 11.1 Å². The molecule has 11 heteroatoms. The number of oxime groups is 1. The number of amides is 2. The minimum absolute atomic E-state index is 0.133. The van der Waals surface area contributed by atoms with Gasteiger partial charge in [-0.15, -0.1) is 11.3 Å². The molecule has 0 saturated carbocycles. The van der Waals surface area contributed by atoms with Crippen LogP contribution < -0.4 is 10.6 Å². The molecule has 1 aromatic heterocycles. The molecule has 2 amide bonds. The van der Waals surface area contributed by atoms with Crippen molar-refractivity contribution in [2.75, 3.05) is 19.5 Å². The van der Waals surface area contributed by atoms with E-state index in [0.717, 1.165) is 11.3 Å². The van der Waals surface area contributed by atoms with E-state index in [1.54, 1.807) is 20.8 Å². The van der Waals surface area contributed by atoms with Crippen LogP contribution in [0, 0.1) is 0 Å². The van der Waals surface area contributed by atoms with Crippen LogP contribution in [-0.4, -0.2) is 54.5 Å². The van der Waals surface area contributed by atoms with Crippen LogP contribution in [0.4, 0.5) is 9.93 Å². The Balaban J connectivity index is 2.73. The minimum atomic E-state index is -0.857. The highest BCUT2D eigenvalue weighted by Gasteiger charge is 2.23. The summed E-state index contributed by atoms with van der Waals surface area (Å²) < 4.78 is 9.68. The van der Waals surface area contributed by atoms with Crippen molar-refractivity contribution < 1.29 is 28.7 Å². The first-order chi connectivity index (χ1) is 12.1. The van der Waals surface area contributed by atoms with E-state index in [9.17, 15) is 14.4 Å². The van der Waals surface area contributed by atoms with Crippen LogP contribution in [0.25, 0.3) is 0 Å². The summed E-state index contributed by atoms with van der Waals surface area (Å²) in [5.41, 5.74) is -0.617. The molecule has 0 unspecified atom stereocenters. The number of esters is 1. The zero-order valence-corrected chi connectivity index (χ0v) is 16.2. The Kier molecular flexibility index (Phi) is 7.50. The molecule has 2 N–H and O–H groups in total. The molecular weight excluding hydrogens is 364 g/mol. The lowest BCUT2D eigenvalue weighted by Crippen LogP contribution is -2.43. The third-order valence-electron chi connectivity index (χ3n) is 2.66. The number of nitrogens with zero attached hydrogens (tertiary/aromatic N) is 2. The first-order valence-corrected chi connectivity index (χ1v) is 8.41. The number of rotatable bonds is 6. The lowest BCUT2D eigenvalue weighted by atomic mass is 10.2. The van der Waals surface area contributed by atoms with Gasteiger partial charge in [0, 0.05) is 5.38 Å². The van der Waals surface area contributed by atoms with Crippen molar-refractivity contribution in [3.63, 3.8) is 0 Å². The summed E-state index contributed by atoms with van der Waals surface area (Å²) in [4.78, 5) is 44.2. The molecule has 0 saturated heterocycles. The quantitative estimate of drug-likeness (QED) is 0.431. The Morgan fingerprint density at radius 1 is 1.27 bits per heavy atom. The maximum atomic E-state index is 12.1. The first-order valence-electron chi connectivity index (χ1n) is 7.53. The molecule has 0 bridgehead atoms. The second kappa shape index (κ2) is 9.13. The summed E-state index contributed by atoms with van der Waals surface area (Å²) in [5, 5.41) is 10.2. The van der Waals surface area contributed by atoms with Crippen LogP contribution in [0.1, 0.15) is 33.4 Å². The number of anilines is 1. The molecule has 0 aromatic carbocycles. The third kappa shape index (κ3) is 6.67. The average Bonchev–Trinajstić information content (AvgIpc) is 2.97. The van der Waals surface area contributed by atoms with Gasteiger partial charge in [0.25, 0.3) is 0 Å². The van der Waals surface area contributed by atoms with Crippen molar-refractivity contribution in [2.45, 2.75) is 39.3 Å². The van der Waals surface area contributed by atoms with Gasteiger partial charge in [0.2, 0.25) is 11.6 Å². The molecule has 26 heavy (non-hydrogen) atoms. The van der Waals surface area contributed by atoms with Gasteiger partial charge >= 0.3 is 12.1 Å². The van der Waals surface area contributed by atoms with Crippen molar-refractivity contribution in [3.8, 4) is 0 Å². The molecule has 0 spiro atoms. The summed E-state index contributed by atoms with van der Waals surface area (Å²) >= 11 is 1.08.